The van der Waals surface area contributed by atoms with Crippen molar-refractivity contribution in [3.8, 4) is 29.4 Å². The van der Waals surface area contributed by atoms with E-state index in [-0.39, 0.29) is 16.9 Å². The van der Waals surface area contributed by atoms with Gasteiger partial charge in [0.2, 0.25) is 0 Å². The van der Waals surface area contributed by atoms with Crippen LogP contribution in [0, 0.1) is 29.6 Å². The predicted octanol–water partition coefficient (Wildman–Crippen LogP) is 10.9. The van der Waals surface area contributed by atoms with Gasteiger partial charge in [0.15, 0.2) is 0 Å². The molecule has 4 heteroatoms. The van der Waals surface area contributed by atoms with Gasteiger partial charge in [-0.15, -0.1) is 0 Å². The lowest BCUT2D eigenvalue weighted by Gasteiger charge is -2.30. The van der Waals surface area contributed by atoms with Crippen LogP contribution >= 0.6 is 0 Å². The van der Waals surface area contributed by atoms with Crippen molar-refractivity contribution in [3.63, 3.8) is 0 Å². The summed E-state index contributed by atoms with van der Waals surface area (Å²) in [6, 6.07) is 33.0. The molecule has 0 saturated heterocycles. The second kappa shape index (κ2) is 13.8. The summed E-state index contributed by atoms with van der Waals surface area (Å²) in [5.41, 5.74) is 6.25. The topological polar surface area (TPSA) is 66.0 Å². The number of nitrogens with zero attached hydrogens (tertiary/aromatic N) is 2. The molecule has 0 bridgehead atoms. The maximum atomic E-state index is 10.1. The smallest absolute Gasteiger partial charge is 0.145 e. The minimum atomic E-state index is -0.257. The normalized spacial score (nSPS) is 13.3. The molecule has 0 aliphatic heterocycles. The van der Waals surface area contributed by atoms with Crippen molar-refractivity contribution >= 4 is 0 Å². The number of nitriles is 2. The van der Waals surface area contributed by atoms with Crippen LogP contribution in [0.3, 0.4) is 0 Å². The summed E-state index contributed by atoms with van der Waals surface area (Å²) >= 11 is 0. The summed E-state index contributed by atoms with van der Waals surface area (Å²) in [7, 11) is 0. The first-order chi connectivity index (χ1) is 21.1. The van der Waals surface area contributed by atoms with E-state index in [4.69, 9.17) is 9.47 Å². The molecule has 0 saturated carbocycles. The van der Waals surface area contributed by atoms with Gasteiger partial charge in [0.25, 0.3) is 0 Å². The summed E-state index contributed by atoms with van der Waals surface area (Å²) in [6.07, 6.45) is 3.61. The van der Waals surface area contributed by atoms with Crippen molar-refractivity contribution < 1.29 is 9.47 Å². The Bertz CT molecular complexity index is 1660. The van der Waals surface area contributed by atoms with Crippen molar-refractivity contribution in [1.29, 1.82) is 10.5 Å². The molecule has 0 heterocycles. The molecule has 0 aromatic heterocycles. The number of ether oxygens (including phenoxy) is 2. The molecule has 4 rings (SSSR count). The summed E-state index contributed by atoms with van der Waals surface area (Å²) in [6.45, 7) is 15.1. The lowest BCUT2D eigenvalue weighted by Crippen LogP contribution is -2.22. The van der Waals surface area contributed by atoms with Crippen LogP contribution in [-0.2, 0) is 10.8 Å². The average molecular weight is 585 g/mol. The van der Waals surface area contributed by atoms with Crippen molar-refractivity contribution in [1.82, 2.24) is 0 Å². The van der Waals surface area contributed by atoms with E-state index in [2.05, 4.69) is 84.0 Å². The van der Waals surface area contributed by atoms with Gasteiger partial charge in [-0.3, -0.25) is 0 Å². The van der Waals surface area contributed by atoms with E-state index < -0.39 is 0 Å². The molecule has 2 unspecified atom stereocenters. The zero-order valence-electron chi connectivity index (χ0n) is 27.2. The minimum absolute atomic E-state index is 0.0642. The molecule has 4 aromatic rings. The van der Waals surface area contributed by atoms with Crippen LogP contribution in [0.2, 0.25) is 0 Å². The number of hydrogen-bond donors (Lipinski definition) is 0. The number of aryl methyl sites for hydroxylation is 1. The fourth-order valence-electron chi connectivity index (χ4n) is 6.11. The van der Waals surface area contributed by atoms with E-state index in [1.54, 1.807) is 0 Å². The molecule has 0 fully saturated rings. The third kappa shape index (κ3) is 6.66. The van der Waals surface area contributed by atoms with Gasteiger partial charge < -0.3 is 9.47 Å². The number of hydrogen-bond acceptors (Lipinski definition) is 4. The van der Waals surface area contributed by atoms with E-state index >= 15 is 0 Å². The van der Waals surface area contributed by atoms with Crippen LogP contribution in [0.1, 0.15) is 112 Å². The van der Waals surface area contributed by atoms with Crippen LogP contribution < -0.4 is 9.47 Å². The van der Waals surface area contributed by atoms with E-state index in [1.807, 2.05) is 61.5 Å². The van der Waals surface area contributed by atoms with Gasteiger partial charge in [-0.25, -0.2) is 0 Å². The third-order valence-corrected chi connectivity index (χ3v) is 9.16. The third-order valence-electron chi connectivity index (χ3n) is 9.16. The Morgan fingerprint density at radius 2 is 1.32 bits per heavy atom. The summed E-state index contributed by atoms with van der Waals surface area (Å²) in [5, 5.41) is 19.8. The molecule has 44 heavy (non-hydrogen) atoms. The van der Waals surface area contributed by atoms with Gasteiger partial charge in [-0.05, 0) is 84.2 Å². The molecule has 226 valence electrons. The Kier molecular flexibility index (Phi) is 10.2. The van der Waals surface area contributed by atoms with E-state index in [0.29, 0.717) is 22.6 Å². The number of benzene rings is 4. The number of rotatable bonds is 12. The fraction of sp³-hybridized carbons (Fsp3) is 0.350. The van der Waals surface area contributed by atoms with Gasteiger partial charge in [-0.2, -0.15) is 10.5 Å². The SMILES string of the molecule is CCCC(C)(CC)c1cccc(Oc2ccc(C(C)(C)c3ccc(OC(CC)c4cccc(C)c4C#N)cc3)cc2)c1C#N. The van der Waals surface area contributed by atoms with Crippen molar-refractivity contribution in [2.45, 2.75) is 91.1 Å². The molecule has 0 amide bonds. The van der Waals surface area contributed by atoms with Crippen LogP contribution in [0.25, 0.3) is 0 Å². The molecule has 0 aliphatic carbocycles. The summed E-state index contributed by atoms with van der Waals surface area (Å²) in [4.78, 5) is 0. The molecule has 2 atom stereocenters. The average Bonchev–Trinajstić information content (AvgIpc) is 3.04. The van der Waals surface area contributed by atoms with Gasteiger partial charge in [-0.1, -0.05) is 103 Å². The van der Waals surface area contributed by atoms with Gasteiger partial charge in [0.05, 0.1) is 17.2 Å². The van der Waals surface area contributed by atoms with Crippen LogP contribution in [0.15, 0.2) is 84.9 Å². The second-order valence-electron chi connectivity index (χ2n) is 12.4. The zero-order valence-corrected chi connectivity index (χ0v) is 27.2. The van der Waals surface area contributed by atoms with Gasteiger partial charge >= 0.3 is 0 Å². The molecule has 4 aromatic carbocycles. The molecule has 0 N–H and O–H groups in total. The Balaban J connectivity index is 1.52. The van der Waals surface area contributed by atoms with Crippen LogP contribution in [0.5, 0.6) is 17.2 Å². The molecule has 4 nitrogen and oxygen atoms in total. The monoisotopic (exact) mass is 584 g/mol. The van der Waals surface area contributed by atoms with Gasteiger partial charge in [0.1, 0.15) is 29.4 Å². The molecule has 0 spiro atoms. The van der Waals surface area contributed by atoms with E-state index in [1.165, 1.54) is 0 Å². The quantitative estimate of drug-likeness (QED) is 0.166. The Labute approximate surface area is 263 Å². The Hall–Kier alpha value is -4.54. The Morgan fingerprint density at radius 1 is 0.727 bits per heavy atom. The van der Waals surface area contributed by atoms with Crippen molar-refractivity contribution in [2.24, 2.45) is 0 Å². The lowest BCUT2D eigenvalue weighted by molar-refractivity contribution is 0.201. The maximum absolute atomic E-state index is 10.1. The minimum Gasteiger partial charge on any atom is -0.486 e. The molecular formula is C40H44N2O2. The lowest BCUT2D eigenvalue weighted by atomic mass is 9.74. The van der Waals surface area contributed by atoms with Crippen molar-refractivity contribution in [2.75, 3.05) is 0 Å². The maximum Gasteiger partial charge on any atom is 0.145 e. The predicted molar refractivity (Wildman–Crippen MR) is 178 cm³/mol. The Morgan fingerprint density at radius 3 is 1.86 bits per heavy atom. The summed E-state index contributed by atoms with van der Waals surface area (Å²) in [5.74, 6) is 2.08. The van der Waals surface area contributed by atoms with Crippen molar-refractivity contribution in [3.05, 3.63) is 124 Å². The molecular weight excluding hydrogens is 540 g/mol. The fourth-order valence-corrected chi connectivity index (χ4v) is 6.11. The highest BCUT2D eigenvalue weighted by atomic mass is 16.5. The standard InChI is InChI=1S/C40H44N2O2/c1-8-25-40(7,10-3)36-15-12-16-38(35(36)27-42)44-32-23-19-30(20-24-32)39(5,6)29-17-21-31(22-18-29)43-37(9-2)33-14-11-13-28(4)34(33)26-41/h11-24,37H,8-10,25H2,1-7H3. The molecule has 0 radical (unpaired) electrons. The zero-order chi connectivity index (χ0) is 31.9. The largest absolute Gasteiger partial charge is 0.486 e. The highest BCUT2D eigenvalue weighted by molar-refractivity contribution is 5.53. The highest BCUT2D eigenvalue weighted by Crippen LogP contribution is 2.40. The second-order valence-corrected chi connectivity index (χ2v) is 12.4. The van der Waals surface area contributed by atoms with Crippen LogP contribution in [-0.4, -0.2) is 0 Å². The van der Waals surface area contributed by atoms with E-state index in [0.717, 1.165) is 59.3 Å². The first-order valence-corrected chi connectivity index (χ1v) is 15.7. The highest BCUT2D eigenvalue weighted by Gasteiger charge is 2.28. The van der Waals surface area contributed by atoms with Crippen LogP contribution in [0.4, 0.5) is 0 Å². The van der Waals surface area contributed by atoms with Gasteiger partial charge in [0, 0.05) is 11.0 Å². The molecule has 0 aliphatic rings. The van der Waals surface area contributed by atoms with E-state index in [9.17, 15) is 10.5 Å². The first-order valence-electron chi connectivity index (χ1n) is 15.7. The summed E-state index contributed by atoms with van der Waals surface area (Å²) < 4.78 is 12.7. The first kappa shape index (κ1) is 32.4.